The number of carboxylic acids is 1. The summed E-state index contributed by atoms with van der Waals surface area (Å²) in [4.78, 5) is 16.6. The molecular weight excluding hydrogens is 276 g/mol. The molecule has 2 aliphatic rings. The molecule has 0 amide bonds. The van der Waals surface area contributed by atoms with E-state index in [1.54, 1.807) is 0 Å². The number of aliphatic carboxylic acids is 1. The van der Waals surface area contributed by atoms with Gasteiger partial charge in [-0.25, -0.2) is 0 Å². The predicted molar refractivity (Wildman–Crippen MR) is 87.0 cm³/mol. The Labute approximate surface area is 132 Å². The van der Waals surface area contributed by atoms with Crippen molar-refractivity contribution in [2.45, 2.75) is 32.7 Å². The fraction of sp³-hybridized carbons (Fsp3) is 0.611. The highest BCUT2D eigenvalue weighted by Crippen LogP contribution is 2.31. The number of piperazine rings is 1. The monoisotopic (exact) mass is 302 g/mol. The summed E-state index contributed by atoms with van der Waals surface area (Å²) in [5.74, 6) is 0.175. The van der Waals surface area contributed by atoms with Crippen LogP contribution in [0.3, 0.4) is 0 Å². The molecule has 1 atom stereocenters. The van der Waals surface area contributed by atoms with Crippen molar-refractivity contribution in [3.8, 4) is 0 Å². The second-order valence-corrected chi connectivity index (χ2v) is 6.83. The molecular formula is C18H26N2O2. The van der Waals surface area contributed by atoms with E-state index in [0.29, 0.717) is 0 Å². The number of hydrogen-bond donors (Lipinski definition) is 1. The van der Waals surface area contributed by atoms with Gasteiger partial charge in [0, 0.05) is 32.7 Å². The molecule has 1 aliphatic carbocycles. The summed E-state index contributed by atoms with van der Waals surface area (Å²) in [6.07, 6.45) is 2.75. The maximum absolute atomic E-state index is 11.9. The molecule has 0 radical (unpaired) electrons. The van der Waals surface area contributed by atoms with Gasteiger partial charge in [0.05, 0.1) is 0 Å². The summed E-state index contributed by atoms with van der Waals surface area (Å²) >= 11 is 0. The molecule has 0 spiro atoms. The highest BCUT2D eigenvalue weighted by molar-refractivity contribution is 5.76. The molecule has 3 rings (SSSR count). The second-order valence-electron chi connectivity index (χ2n) is 6.83. The average molecular weight is 302 g/mol. The number of nitrogens with zero attached hydrogens (tertiary/aromatic N) is 2. The molecule has 1 aliphatic heterocycles. The lowest BCUT2D eigenvalue weighted by Crippen LogP contribution is -2.49. The summed E-state index contributed by atoms with van der Waals surface area (Å²) in [7, 11) is 0. The first-order chi connectivity index (χ1) is 10.6. The van der Waals surface area contributed by atoms with Crippen LogP contribution in [0.5, 0.6) is 0 Å². The van der Waals surface area contributed by atoms with Crippen LogP contribution in [0, 0.1) is 19.8 Å². The van der Waals surface area contributed by atoms with Gasteiger partial charge in [0.15, 0.2) is 0 Å². The molecule has 1 aromatic carbocycles. The van der Waals surface area contributed by atoms with Crippen molar-refractivity contribution in [3.05, 3.63) is 34.9 Å². The van der Waals surface area contributed by atoms with Crippen LogP contribution in [0.4, 0.5) is 0 Å². The van der Waals surface area contributed by atoms with E-state index in [4.69, 9.17) is 0 Å². The molecule has 1 N–H and O–H groups in total. The molecule has 1 saturated heterocycles. The number of carbonyl (C=O) groups is 1. The molecule has 1 aromatic rings. The Hall–Kier alpha value is -1.39. The van der Waals surface area contributed by atoms with Crippen LogP contribution in [0.25, 0.3) is 0 Å². The third-order valence-corrected chi connectivity index (χ3v) is 5.03. The van der Waals surface area contributed by atoms with Gasteiger partial charge in [0.25, 0.3) is 0 Å². The third kappa shape index (κ3) is 3.33. The molecule has 0 unspecified atom stereocenters. The third-order valence-electron chi connectivity index (χ3n) is 5.03. The summed E-state index contributed by atoms with van der Waals surface area (Å²) < 4.78 is 0. The standard InChI is InChI=1S/C18H26N2O2/c1-13-4-3-5-14(2)16(13)17(18(21)22)20-10-8-19(9-11-20)12-15-6-7-15/h3-5,15,17H,6-12H2,1-2H3,(H,21,22)/t17-/m0/s1. The molecule has 2 fully saturated rings. The largest absolute Gasteiger partial charge is 0.480 e. The first kappa shape index (κ1) is 15.5. The zero-order valence-electron chi connectivity index (χ0n) is 13.6. The number of hydrogen-bond acceptors (Lipinski definition) is 3. The van der Waals surface area contributed by atoms with Crippen molar-refractivity contribution in [3.63, 3.8) is 0 Å². The molecule has 1 saturated carbocycles. The van der Waals surface area contributed by atoms with Crippen LogP contribution < -0.4 is 0 Å². The summed E-state index contributed by atoms with van der Waals surface area (Å²) in [6.45, 7) is 8.91. The summed E-state index contributed by atoms with van der Waals surface area (Å²) in [5.41, 5.74) is 3.13. The number of benzene rings is 1. The van der Waals surface area contributed by atoms with E-state index in [1.165, 1.54) is 19.4 Å². The van der Waals surface area contributed by atoms with E-state index in [-0.39, 0.29) is 0 Å². The Balaban J connectivity index is 1.73. The van der Waals surface area contributed by atoms with E-state index < -0.39 is 12.0 Å². The van der Waals surface area contributed by atoms with E-state index in [9.17, 15) is 9.90 Å². The van der Waals surface area contributed by atoms with Crippen LogP contribution in [0.1, 0.15) is 35.6 Å². The van der Waals surface area contributed by atoms with Gasteiger partial charge >= 0.3 is 5.97 Å². The van der Waals surface area contributed by atoms with Gasteiger partial charge in [-0.2, -0.15) is 0 Å². The first-order valence-electron chi connectivity index (χ1n) is 8.31. The molecule has 4 heteroatoms. The normalized spacial score (nSPS) is 21.7. The second kappa shape index (κ2) is 6.39. The lowest BCUT2D eigenvalue weighted by molar-refractivity contribution is -0.144. The fourth-order valence-corrected chi connectivity index (χ4v) is 3.59. The van der Waals surface area contributed by atoms with Crippen LogP contribution in [-0.4, -0.2) is 53.6 Å². The molecule has 0 bridgehead atoms. The lowest BCUT2D eigenvalue weighted by atomic mass is 9.94. The maximum Gasteiger partial charge on any atom is 0.325 e. The molecule has 1 heterocycles. The van der Waals surface area contributed by atoms with Crippen molar-refractivity contribution in [2.24, 2.45) is 5.92 Å². The van der Waals surface area contributed by atoms with Crippen molar-refractivity contribution < 1.29 is 9.90 Å². The van der Waals surface area contributed by atoms with Gasteiger partial charge in [-0.15, -0.1) is 0 Å². The summed E-state index contributed by atoms with van der Waals surface area (Å²) in [5, 5.41) is 9.79. The van der Waals surface area contributed by atoms with E-state index in [0.717, 1.165) is 48.8 Å². The van der Waals surface area contributed by atoms with Crippen molar-refractivity contribution in [1.82, 2.24) is 9.80 Å². The van der Waals surface area contributed by atoms with Crippen LogP contribution in [0.2, 0.25) is 0 Å². The smallest absolute Gasteiger partial charge is 0.325 e. The Morgan fingerprint density at radius 2 is 1.77 bits per heavy atom. The van der Waals surface area contributed by atoms with Gasteiger partial charge in [-0.1, -0.05) is 18.2 Å². The highest BCUT2D eigenvalue weighted by Gasteiger charge is 2.33. The minimum atomic E-state index is -0.729. The molecule has 120 valence electrons. The number of rotatable bonds is 5. The van der Waals surface area contributed by atoms with Crippen molar-refractivity contribution in [2.75, 3.05) is 32.7 Å². The van der Waals surface area contributed by atoms with Gasteiger partial charge in [-0.05, 0) is 49.3 Å². The Bertz CT molecular complexity index is 526. The summed E-state index contributed by atoms with van der Waals surface area (Å²) in [6, 6.07) is 5.52. The van der Waals surface area contributed by atoms with E-state index >= 15 is 0 Å². The predicted octanol–water partition coefficient (Wildman–Crippen LogP) is 2.46. The van der Waals surface area contributed by atoms with Crippen molar-refractivity contribution in [1.29, 1.82) is 0 Å². The van der Waals surface area contributed by atoms with Gasteiger partial charge in [0.1, 0.15) is 6.04 Å². The van der Waals surface area contributed by atoms with Crippen LogP contribution in [-0.2, 0) is 4.79 Å². The lowest BCUT2D eigenvalue weighted by Gasteiger charge is -2.38. The van der Waals surface area contributed by atoms with E-state index in [1.807, 2.05) is 32.0 Å². The number of carboxylic acid groups (broad SMARTS) is 1. The Morgan fingerprint density at radius 1 is 1.18 bits per heavy atom. The fourth-order valence-electron chi connectivity index (χ4n) is 3.59. The van der Waals surface area contributed by atoms with Gasteiger partial charge in [0.2, 0.25) is 0 Å². The number of aryl methyl sites for hydroxylation is 2. The van der Waals surface area contributed by atoms with Gasteiger partial charge in [-0.3, -0.25) is 9.69 Å². The van der Waals surface area contributed by atoms with Crippen LogP contribution in [0.15, 0.2) is 18.2 Å². The quantitative estimate of drug-likeness (QED) is 0.907. The zero-order valence-corrected chi connectivity index (χ0v) is 13.6. The Morgan fingerprint density at radius 3 is 2.27 bits per heavy atom. The average Bonchev–Trinajstić information content (AvgIpc) is 3.28. The minimum absolute atomic E-state index is 0.510. The topological polar surface area (TPSA) is 43.8 Å². The zero-order chi connectivity index (χ0) is 15.7. The molecule has 22 heavy (non-hydrogen) atoms. The van der Waals surface area contributed by atoms with Crippen molar-refractivity contribution >= 4 is 5.97 Å². The van der Waals surface area contributed by atoms with Crippen LogP contribution >= 0.6 is 0 Å². The maximum atomic E-state index is 11.9. The molecule has 4 nitrogen and oxygen atoms in total. The highest BCUT2D eigenvalue weighted by atomic mass is 16.4. The van der Waals surface area contributed by atoms with E-state index in [2.05, 4.69) is 9.80 Å². The first-order valence-corrected chi connectivity index (χ1v) is 8.31. The Kier molecular flexibility index (Phi) is 4.50. The van der Waals surface area contributed by atoms with Gasteiger partial charge < -0.3 is 10.0 Å². The molecule has 0 aromatic heterocycles. The SMILES string of the molecule is Cc1cccc(C)c1[C@@H](C(=O)O)N1CCN(CC2CC2)CC1. The minimum Gasteiger partial charge on any atom is -0.480 e.